The van der Waals surface area contributed by atoms with Crippen molar-refractivity contribution in [3.8, 4) is 5.75 Å². The molecule has 0 spiro atoms. The van der Waals surface area contributed by atoms with Gasteiger partial charge in [-0.1, -0.05) is 30.3 Å². The predicted octanol–water partition coefficient (Wildman–Crippen LogP) is 3.59. The first-order valence-corrected chi connectivity index (χ1v) is 6.28. The number of anilines is 1. The quantitative estimate of drug-likeness (QED) is 0.641. The summed E-state index contributed by atoms with van der Waals surface area (Å²) in [6.45, 7) is 2.87. The number of hydrogen-bond acceptors (Lipinski definition) is 2. The molecule has 0 saturated carbocycles. The van der Waals surface area contributed by atoms with Crippen LogP contribution in [-0.4, -0.2) is 6.61 Å². The Kier molecular flexibility index (Phi) is 4.24. The van der Waals surface area contributed by atoms with Crippen molar-refractivity contribution in [2.24, 2.45) is 0 Å². The maximum absolute atomic E-state index is 5.69. The van der Waals surface area contributed by atoms with Gasteiger partial charge < -0.3 is 10.5 Å². The summed E-state index contributed by atoms with van der Waals surface area (Å²) in [5.41, 5.74) is 9.18. The highest BCUT2D eigenvalue weighted by atomic mass is 16.5. The van der Waals surface area contributed by atoms with Gasteiger partial charge in [0.2, 0.25) is 0 Å². The molecule has 2 aromatic rings. The molecule has 0 saturated heterocycles. The Balaban J connectivity index is 1.78. The van der Waals surface area contributed by atoms with E-state index in [9.17, 15) is 0 Å². The van der Waals surface area contributed by atoms with E-state index in [1.54, 1.807) is 0 Å². The summed E-state index contributed by atoms with van der Waals surface area (Å²) in [7, 11) is 0. The van der Waals surface area contributed by atoms with Crippen LogP contribution in [0.1, 0.15) is 17.5 Å². The van der Waals surface area contributed by atoms with Crippen LogP contribution < -0.4 is 10.5 Å². The number of nitrogen functional groups attached to an aromatic ring is 1. The van der Waals surface area contributed by atoms with E-state index in [-0.39, 0.29) is 0 Å². The van der Waals surface area contributed by atoms with Gasteiger partial charge in [0.1, 0.15) is 5.75 Å². The molecule has 2 rings (SSSR count). The molecule has 0 aliphatic carbocycles. The number of ether oxygens (including phenoxy) is 1. The van der Waals surface area contributed by atoms with Crippen LogP contribution in [0.4, 0.5) is 5.69 Å². The fraction of sp³-hybridized carbons (Fsp3) is 0.250. The van der Waals surface area contributed by atoms with Crippen LogP contribution in [0.5, 0.6) is 5.75 Å². The summed E-state index contributed by atoms with van der Waals surface area (Å²) < 4.78 is 5.67. The molecule has 0 heterocycles. The van der Waals surface area contributed by atoms with Gasteiger partial charge in [-0.25, -0.2) is 0 Å². The Morgan fingerprint density at radius 3 is 2.67 bits per heavy atom. The number of hydrogen-bond donors (Lipinski definition) is 1. The van der Waals surface area contributed by atoms with Crippen LogP contribution in [0.2, 0.25) is 0 Å². The molecule has 0 bridgehead atoms. The van der Waals surface area contributed by atoms with Crippen molar-refractivity contribution in [3.05, 3.63) is 59.7 Å². The summed E-state index contributed by atoms with van der Waals surface area (Å²) in [5.74, 6) is 0.847. The van der Waals surface area contributed by atoms with Gasteiger partial charge in [-0.2, -0.15) is 0 Å². The second-order valence-electron chi connectivity index (χ2n) is 4.45. The number of rotatable bonds is 5. The fourth-order valence-electron chi connectivity index (χ4n) is 1.95. The first-order chi connectivity index (χ1) is 8.75. The van der Waals surface area contributed by atoms with Gasteiger partial charge in [0.15, 0.2) is 0 Å². The topological polar surface area (TPSA) is 35.2 Å². The van der Waals surface area contributed by atoms with Crippen molar-refractivity contribution in [1.82, 2.24) is 0 Å². The van der Waals surface area contributed by atoms with Gasteiger partial charge in [-0.3, -0.25) is 0 Å². The van der Waals surface area contributed by atoms with E-state index in [0.717, 1.165) is 30.9 Å². The van der Waals surface area contributed by atoms with Crippen LogP contribution in [0.25, 0.3) is 0 Å². The third-order valence-corrected chi connectivity index (χ3v) is 2.98. The normalized spacial score (nSPS) is 10.3. The summed E-state index contributed by atoms with van der Waals surface area (Å²) in [6, 6.07) is 16.0. The Labute approximate surface area is 108 Å². The first-order valence-electron chi connectivity index (χ1n) is 6.28. The molecule has 0 aliphatic rings. The first kappa shape index (κ1) is 12.5. The molecule has 0 atom stereocenters. The standard InChI is InChI=1S/C16H19NO/c1-13-6-2-3-7-14(13)8-5-11-18-16-10-4-9-15(17)12-16/h2-4,6-7,9-10,12H,5,8,11,17H2,1H3. The zero-order chi connectivity index (χ0) is 12.8. The molecule has 2 nitrogen and oxygen atoms in total. The van der Waals surface area contributed by atoms with Gasteiger partial charge in [-0.15, -0.1) is 0 Å². The van der Waals surface area contributed by atoms with Crippen LogP contribution in [0.3, 0.4) is 0 Å². The largest absolute Gasteiger partial charge is 0.494 e. The molecule has 0 aromatic heterocycles. The summed E-state index contributed by atoms with van der Waals surface area (Å²) in [4.78, 5) is 0. The number of benzene rings is 2. The molecule has 0 fully saturated rings. The highest BCUT2D eigenvalue weighted by molar-refractivity contribution is 5.43. The lowest BCUT2D eigenvalue weighted by molar-refractivity contribution is 0.311. The minimum Gasteiger partial charge on any atom is -0.494 e. The Hall–Kier alpha value is -1.96. The summed E-state index contributed by atoms with van der Waals surface area (Å²) >= 11 is 0. The fourth-order valence-corrected chi connectivity index (χ4v) is 1.95. The molecular formula is C16H19NO. The molecule has 0 unspecified atom stereocenters. The van der Waals surface area contributed by atoms with Crippen LogP contribution in [-0.2, 0) is 6.42 Å². The maximum Gasteiger partial charge on any atom is 0.121 e. The molecule has 2 heteroatoms. The second kappa shape index (κ2) is 6.10. The van der Waals surface area contributed by atoms with Gasteiger partial charge >= 0.3 is 0 Å². The van der Waals surface area contributed by atoms with Crippen molar-refractivity contribution in [1.29, 1.82) is 0 Å². The van der Waals surface area contributed by atoms with Crippen molar-refractivity contribution in [2.75, 3.05) is 12.3 Å². The molecule has 94 valence electrons. The van der Waals surface area contributed by atoms with Crippen molar-refractivity contribution >= 4 is 5.69 Å². The molecule has 2 N–H and O–H groups in total. The van der Waals surface area contributed by atoms with E-state index in [1.165, 1.54) is 11.1 Å². The lowest BCUT2D eigenvalue weighted by Gasteiger charge is -2.08. The van der Waals surface area contributed by atoms with Crippen LogP contribution in [0.15, 0.2) is 48.5 Å². The minimum absolute atomic E-state index is 0.720. The van der Waals surface area contributed by atoms with Crippen LogP contribution in [0, 0.1) is 6.92 Å². The smallest absolute Gasteiger partial charge is 0.121 e. The van der Waals surface area contributed by atoms with E-state index in [1.807, 2.05) is 24.3 Å². The third-order valence-electron chi connectivity index (χ3n) is 2.98. The van der Waals surface area contributed by atoms with E-state index < -0.39 is 0 Å². The molecule has 0 amide bonds. The molecule has 2 aromatic carbocycles. The lowest BCUT2D eigenvalue weighted by Crippen LogP contribution is -2.00. The van der Waals surface area contributed by atoms with Gasteiger partial charge in [-0.05, 0) is 43.0 Å². The van der Waals surface area contributed by atoms with Crippen LogP contribution >= 0.6 is 0 Å². The lowest BCUT2D eigenvalue weighted by atomic mass is 10.0. The average molecular weight is 241 g/mol. The van der Waals surface area contributed by atoms with Crippen molar-refractivity contribution in [3.63, 3.8) is 0 Å². The zero-order valence-electron chi connectivity index (χ0n) is 10.7. The molecule has 18 heavy (non-hydrogen) atoms. The Morgan fingerprint density at radius 2 is 1.89 bits per heavy atom. The second-order valence-corrected chi connectivity index (χ2v) is 4.45. The zero-order valence-corrected chi connectivity index (χ0v) is 10.7. The van der Waals surface area contributed by atoms with E-state index in [2.05, 4.69) is 31.2 Å². The minimum atomic E-state index is 0.720. The number of nitrogens with two attached hydrogens (primary N) is 1. The van der Waals surface area contributed by atoms with Gasteiger partial charge in [0.25, 0.3) is 0 Å². The van der Waals surface area contributed by atoms with Gasteiger partial charge in [0.05, 0.1) is 6.61 Å². The number of aryl methyl sites for hydroxylation is 2. The highest BCUT2D eigenvalue weighted by Gasteiger charge is 1.98. The average Bonchev–Trinajstić information content (AvgIpc) is 2.37. The van der Waals surface area contributed by atoms with Crippen molar-refractivity contribution in [2.45, 2.75) is 19.8 Å². The van der Waals surface area contributed by atoms with Gasteiger partial charge in [0, 0.05) is 11.8 Å². The van der Waals surface area contributed by atoms with E-state index in [0.29, 0.717) is 0 Å². The Morgan fingerprint density at radius 1 is 1.06 bits per heavy atom. The Bertz CT molecular complexity index is 508. The predicted molar refractivity (Wildman–Crippen MR) is 75.8 cm³/mol. The molecular weight excluding hydrogens is 222 g/mol. The summed E-state index contributed by atoms with van der Waals surface area (Å²) in [5, 5.41) is 0. The highest BCUT2D eigenvalue weighted by Crippen LogP contribution is 2.15. The molecule has 0 radical (unpaired) electrons. The third kappa shape index (κ3) is 3.52. The van der Waals surface area contributed by atoms with E-state index in [4.69, 9.17) is 10.5 Å². The SMILES string of the molecule is Cc1ccccc1CCCOc1cccc(N)c1. The monoisotopic (exact) mass is 241 g/mol. The van der Waals surface area contributed by atoms with Crippen molar-refractivity contribution < 1.29 is 4.74 Å². The maximum atomic E-state index is 5.69. The molecule has 0 aliphatic heterocycles. The van der Waals surface area contributed by atoms with E-state index >= 15 is 0 Å². The summed E-state index contributed by atoms with van der Waals surface area (Å²) in [6.07, 6.45) is 2.06.